The van der Waals surface area contributed by atoms with Crippen molar-refractivity contribution in [2.75, 3.05) is 13.7 Å². The molecule has 1 heterocycles. The Morgan fingerprint density at radius 3 is 2.88 bits per heavy atom. The molecule has 4 heteroatoms. The van der Waals surface area contributed by atoms with Crippen molar-refractivity contribution in [2.45, 2.75) is 13.0 Å². The highest BCUT2D eigenvalue weighted by Gasteiger charge is 2.07. The summed E-state index contributed by atoms with van der Waals surface area (Å²) in [5.41, 5.74) is 0. The van der Waals surface area contributed by atoms with Crippen molar-refractivity contribution in [1.29, 1.82) is 0 Å². The fourth-order valence-electron chi connectivity index (χ4n) is 1.52. The zero-order valence-corrected chi connectivity index (χ0v) is 11.4. The Balaban J connectivity index is 2.31. The van der Waals surface area contributed by atoms with Crippen LogP contribution in [0.25, 0.3) is 10.8 Å². The highest BCUT2D eigenvalue weighted by atomic mass is 79.9. The van der Waals surface area contributed by atoms with Crippen LogP contribution in [0.15, 0.2) is 34.9 Å². The molecule has 0 saturated carbocycles. The topological polar surface area (TPSA) is 31.4 Å². The third kappa shape index (κ3) is 2.76. The lowest BCUT2D eigenvalue weighted by Gasteiger charge is -2.12. The van der Waals surface area contributed by atoms with Gasteiger partial charge in [-0.05, 0) is 25.1 Å². The molecule has 90 valence electrons. The minimum atomic E-state index is 0.0548. The average molecular weight is 296 g/mol. The van der Waals surface area contributed by atoms with Crippen LogP contribution in [0.3, 0.4) is 0 Å². The van der Waals surface area contributed by atoms with Crippen LogP contribution in [0, 0.1) is 0 Å². The van der Waals surface area contributed by atoms with E-state index in [1.54, 1.807) is 13.3 Å². The molecule has 0 aliphatic heterocycles. The van der Waals surface area contributed by atoms with Gasteiger partial charge in [-0.2, -0.15) is 0 Å². The summed E-state index contributed by atoms with van der Waals surface area (Å²) < 4.78 is 11.9. The number of hydrogen-bond donors (Lipinski definition) is 0. The average Bonchev–Trinajstić information content (AvgIpc) is 2.36. The fraction of sp³-hybridized carbons (Fsp3) is 0.308. The molecular weight excluding hydrogens is 282 g/mol. The summed E-state index contributed by atoms with van der Waals surface area (Å²) >= 11 is 3.52. The zero-order chi connectivity index (χ0) is 12.3. The van der Waals surface area contributed by atoms with E-state index in [1.165, 1.54) is 0 Å². The van der Waals surface area contributed by atoms with Gasteiger partial charge < -0.3 is 9.47 Å². The maximum Gasteiger partial charge on any atom is 0.221 e. The Morgan fingerprint density at radius 1 is 1.29 bits per heavy atom. The van der Waals surface area contributed by atoms with E-state index in [9.17, 15) is 0 Å². The summed E-state index contributed by atoms with van der Waals surface area (Å²) in [5, 5.41) is 2.10. The van der Waals surface area contributed by atoms with Crippen molar-refractivity contribution in [3.05, 3.63) is 34.9 Å². The Kier molecular flexibility index (Phi) is 3.97. The van der Waals surface area contributed by atoms with Crippen LogP contribution in [-0.2, 0) is 4.74 Å². The number of nitrogens with zero attached hydrogens (tertiary/aromatic N) is 1. The second-order valence-corrected chi connectivity index (χ2v) is 4.66. The first-order valence-corrected chi connectivity index (χ1v) is 6.20. The minimum absolute atomic E-state index is 0.0548. The first-order valence-electron chi connectivity index (χ1n) is 5.41. The SMILES string of the molecule is COC(C)COc1nccc2c(Br)cccc12. The fourth-order valence-corrected chi connectivity index (χ4v) is 2.02. The van der Waals surface area contributed by atoms with E-state index in [2.05, 4.69) is 20.9 Å². The summed E-state index contributed by atoms with van der Waals surface area (Å²) in [6.45, 7) is 2.45. The normalized spacial score (nSPS) is 12.6. The van der Waals surface area contributed by atoms with Crippen molar-refractivity contribution in [1.82, 2.24) is 4.98 Å². The van der Waals surface area contributed by atoms with Crippen molar-refractivity contribution < 1.29 is 9.47 Å². The number of hydrogen-bond acceptors (Lipinski definition) is 3. The van der Waals surface area contributed by atoms with Crippen molar-refractivity contribution in [2.24, 2.45) is 0 Å². The van der Waals surface area contributed by atoms with Crippen molar-refractivity contribution in [3.63, 3.8) is 0 Å². The standard InChI is InChI=1S/C13H14BrNO2/c1-9(16-2)8-17-13-11-4-3-5-12(14)10(11)6-7-15-13/h3-7,9H,8H2,1-2H3. The van der Waals surface area contributed by atoms with Gasteiger partial charge in [-0.3, -0.25) is 0 Å². The molecule has 0 radical (unpaired) electrons. The highest BCUT2D eigenvalue weighted by molar-refractivity contribution is 9.10. The van der Waals surface area contributed by atoms with Crippen LogP contribution in [0.4, 0.5) is 0 Å². The molecule has 0 saturated heterocycles. The lowest BCUT2D eigenvalue weighted by Crippen LogP contribution is -2.16. The van der Waals surface area contributed by atoms with Gasteiger partial charge in [-0.25, -0.2) is 4.98 Å². The molecule has 0 spiro atoms. The van der Waals surface area contributed by atoms with Gasteiger partial charge in [0.15, 0.2) is 0 Å². The molecule has 1 unspecified atom stereocenters. The molecule has 17 heavy (non-hydrogen) atoms. The Hall–Kier alpha value is -1.13. The summed E-state index contributed by atoms with van der Waals surface area (Å²) in [5.74, 6) is 0.646. The van der Waals surface area contributed by atoms with Crippen LogP contribution in [0.1, 0.15) is 6.92 Å². The Labute approximate surface area is 109 Å². The number of fused-ring (bicyclic) bond motifs is 1. The number of benzene rings is 1. The van der Waals surface area contributed by atoms with Gasteiger partial charge in [-0.15, -0.1) is 0 Å². The smallest absolute Gasteiger partial charge is 0.221 e. The summed E-state index contributed by atoms with van der Waals surface area (Å²) in [4.78, 5) is 4.26. The quantitative estimate of drug-likeness (QED) is 0.866. The largest absolute Gasteiger partial charge is 0.474 e. The number of rotatable bonds is 4. The second kappa shape index (κ2) is 5.47. The maximum atomic E-state index is 5.67. The van der Waals surface area contributed by atoms with Gasteiger partial charge in [0, 0.05) is 28.6 Å². The Morgan fingerprint density at radius 2 is 2.12 bits per heavy atom. The molecule has 0 aliphatic rings. The first-order chi connectivity index (χ1) is 8.22. The van der Waals surface area contributed by atoms with Crippen LogP contribution in [0.5, 0.6) is 5.88 Å². The lowest BCUT2D eigenvalue weighted by molar-refractivity contribution is 0.0706. The minimum Gasteiger partial charge on any atom is -0.474 e. The predicted molar refractivity (Wildman–Crippen MR) is 71.4 cm³/mol. The number of pyridine rings is 1. The third-order valence-electron chi connectivity index (χ3n) is 2.57. The predicted octanol–water partition coefficient (Wildman–Crippen LogP) is 3.41. The molecular formula is C13H14BrNO2. The highest BCUT2D eigenvalue weighted by Crippen LogP contribution is 2.28. The molecule has 1 aromatic heterocycles. The first kappa shape index (κ1) is 12.3. The van der Waals surface area contributed by atoms with Gasteiger partial charge >= 0.3 is 0 Å². The molecule has 0 fully saturated rings. The molecule has 2 rings (SSSR count). The van der Waals surface area contributed by atoms with E-state index in [-0.39, 0.29) is 6.10 Å². The zero-order valence-electron chi connectivity index (χ0n) is 9.81. The van der Waals surface area contributed by atoms with E-state index < -0.39 is 0 Å². The molecule has 0 amide bonds. The third-order valence-corrected chi connectivity index (χ3v) is 3.26. The number of aromatic nitrogens is 1. The van der Waals surface area contributed by atoms with E-state index in [4.69, 9.17) is 9.47 Å². The molecule has 1 aromatic carbocycles. The van der Waals surface area contributed by atoms with E-state index >= 15 is 0 Å². The number of halogens is 1. The van der Waals surface area contributed by atoms with E-state index in [0.717, 1.165) is 15.2 Å². The second-order valence-electron chi connectivity index (χ2n) is 3.81. The molecule has 3 nitrogen and oxygen atoms in total. The van der Waals surface area contributed by atoms with Crippen molar-refractivity contribution in [3.8, 4) is 5.88 Å². The molecule has 0 N–H and O–H groups in total. The van der Waals surface area contributed by atoms with Gasteiger partial charge in [0.25, 0.3) is 0 Å². The van der Waals surface area contributed by atoms with Crippen LogP contribution >= 0.6 is 15.9 Å². The van der Waals surface area contributed by atoms with Crippen LogP contribution in [0.2, 0.25) is 0 Å². The number of ether oxygens (including phenoxy) is 2. The molecule has 0 aliphatic carbocycles. The van der Waals surface area contributed by atoms with Gasteiger partial charge in [0.1, 0.15) is 6.61 Å². The molecule has 1 atom stereocenters. The molecule has 0 bridgehead atoms. The van der Waals surface area contributed by atoms with Gasteiger partial charge in [0.2, 0.25) is 5.88 Å². The van der Waals surface area contributed by atoms with Crippen molar-refractivity contribution >= 4 is 26.7 Å². The molecule has 2 aromatic rings. The van der Waals surface area contributed by atoms with Crippen LogP contribution in [-0.4, -0.2) is 24.8 Å². The number of methoxy groups -OCH3 is 1. The summed E-state index contributed by atoms with van der Waals surface area (Å²) in [6.07, 6.45) is 1.80. The van der Waals surface area contributed by atoms with E-state index in [0.29, 0.717) is 12.5 Å². The summed E-state index contributed by atoms with van der Waals surface area (Å²) in [6, 6.07) is 7.94. The van der Waals surface area contributed by atoms with E-state index in [1.807, 2.05) is 31.2 Å². The summed E-state index contributed by atoms with van der Waals surface area (Å²) in [7, 11) is 1.67. The van der Waals surface area contributed by atoms with Gasteiger partial charge in [0.05, 0.1) is 6.10 Å². The van der Waals surface area contributed by atoms with Crippen LogP contribution < -0.4 is 4.74 Å². The monoisotopic (exact) mass is 295 g/mol. The lowest BCUT2D eigenvalue weighted by atomic mass is 10.2. The van der Waals surface area contributed by atoms with Gasteiger partial charge in [-0.1, -0.05) is 22.0 Å². The Bertz CT molecular complexity index is 516. The maximum absolute atomic E-state index is 5.67.